The van der Waals surface area contributed by atoms with Gasteiger partial charge in [-0.25, -0.2) is 9.59 Å². The van der Waals surface area contributed by atoms with Crippen molar-refractivity contribution in [2.24, 2.45) is 0 Å². The fourth-order valence-corrected chi connectivity index (χ4v) is 0.626. The van der Waals surface area contributed by atoms with Gasteiger partial charge in [0.25, 0.3) is 0 Å². The minimum Gasteiger partial charge on any atom is -0.478 e. The molecule has 0 radical (unpaired) electrons. The minimum absolute atomic E-state index is 0.0859. The number of ether oxygens (including phenoxy) is 2. The van der Waals surface area contributed by atoms with Crippen LogP contribution in [0.5, 0.6) is 0 Å². The van der Waals surface area contributed by atoms with E-state index in [0.717, 1.165) is 6.08 Å². The third-order valence-electron chi connectivity index (χ3n) is 1.07. The second kappa shape index (κ2) is 3.05. The van der Waals surface area contributed by atoms with Crippen LogP contribution in [-0.4, -0.2) is 29.9 Å². The highest BCUT2D eigenvalue weighted by Crippen LogP contribution is 2.06. The van der Waals surface area contributed by atoms with E-state index in [2.05, 4.69) is 9.47 Å². The summed E-state index contributed by atoms with van der Waals surface area (Å²) < 4.78 is 8.89. The summed E-state index contributed by atoms with van der Waals surface area (Å²) in [6.45, 7) is 0.0859. The van der Waals surface area contributed by atoms with Crippen molar-refractivity contribution in [2.45, 2.75) is 6.10 Å². The van der Waals surface area contributed by atoms with Gasteiger partial charge in [-0.15, -0.1) is 0 Å². The van der Waals surface area contributed by atoms with E-state index in [-0.39, 0.29) is 6.61 Å². The van der Waals surface area contributed by atoms with Gasteiger partial charge in [-0.2, -0.15) is 0 Å². The summed E-state index contributed by atoms with van der Waals surface area (Å²) in [4.78, 5) is 20.2. The van der Waals surface area contributed by atoms with E-state index < -0.39 is 18.2 Å². The zero-order chi connectivity index (χ0) is 8.27. The summed E-state index contributed by atoms with van der Waals surface area (Å²) in [5, 5.41) is 8.17. The van der Waals surface area contributed by atoms with Gasteiger partial charge < -0.3 is 14.6 Å². The first-order valence-electron chi connectivity index (χ1n) is 2.93. The number of carboxylic acid groups (broad SMARTS) is 1. The average Bonchev–Trinajstić information content (AvgIpc) is 2.31. The molecule has 5 nitrogen and oxygen atoms in total. The number of cyclic esters (lactones) is 2. The van der Waals surface area contributed by atoms with Crippen LogP contribution in [-0.2, 0) is 14.3 Å². The van der Waals surface area contributed by atoms with Crippen molar-refractivity contribution in [3.63, 3.8) is 0 Å². The van der Waals surface area contributed by atoms with E-state index in [1.807, 2.05) is 0 Å². The summed E-state index contributed by atoms with van der Waals surface area (Å²) in [6, 6.07) is 0. The molecule has 0 spiro atoms. The Morgan fingerprint density at radius 2 is 2.45 bits per heavy atom. The molecule has 1 aliphatic rings. The summed E-state index contributed by atoms with van der Waals surface area (Å²) in [7, 11) is 0. The van der Waals surface area contributed by atoms with Crippen LogP contribution in [0, 0.1) is 0 Å². The Labute approximate surface area is 62.2 Å². The van der Waals surface area contributed by atoms with E-state index in [4.69, 9.17) is 5.11 Å². The molecule has 11 heavy (non-hydrogen) atoms. The topological polar surface area (TPSA) is 72.8 Å². The molecule has 1 heterocycles. The molecule has 1 unspecified atom stereocenters. The largest absolute Gasteiger partial charge is 0.509 e. The fourth-order valence-electron chi connectivity index (χ4n) is 0.626. The molecule has 1 N–H and O–H groups in total. The van der Waals surface area contributed by atoms with Crippen LogP contribution in [0.3, 0.4) is 0 Å². The van der Waals surface area contributed by atoms with Gasteiger partial charge in [0, 0.05) is 6.08 Å². The first-order chi connectivity index (χ1) is 5.18. The van der Waals surface area contributed by atoms with Gasteiger partial charge in [0.15, 0.2) is 6.10 Å². The zero-order valence-electron chi connectivity index (χ0n) is 5.52. The molecule has 0 aromatic heterocycles. The van der Waals surface area contributed by atoms with Crippen LogP contribution in [0.4, 0.5) is 4.79 Å². The predicted molar refractivity (Wildman–Crippen MR) is 33.0 cm³/mol. The Bertz CT molecular complexity index is 207. The number of carboxylic acids is 1. The van der Waals surface area contributed by atoms with Crippen LogP contribution in [0.15, 0.2) is 12.2 Å². The number of carbonyl (C=O) groups is 2. The molecule has 1 aliphatic heterocycles. The van der Waals surface area contributed by atoms with E-state index in [9.17, 15) is 9.59 Å². The Kier molecular flexibility index (Phi) is 2.10. The smallest absolute Gasteiger partial charge is 0.478 e. The zero-order valence-corrected chi connectivity index (χ0v) is 5.52. The van der Waals surface area contributed by atoms with Crippen LogP contribution in [0.25, 0.3) is 0 Å². The maximum absolute atomic E-state index is 10.3. The first kappa shape index (κ1) is 7.59. The van der Waals surface area contributed by atoms with Crippen molar-refractivity contribution in [1.82, 2.24) is 0 Å². The van der Waals surface area contributed by atoms with Crippen LogP contribution < -0.4 is 0 Å². The molecular formula is C6H6O5. The maximum Gasteiger partial charge on any atom is 0.509 e. The van der Waals surface area contributed by atoms with Gasteiger partial charge in [0.2, 0.25) is 0 Å². The molecule has 0 aromatic carbocycles. The number of rotatable bonds is 2. The van der Waals surface area contributed by atoms with Crippen molar-refractivity contribution >= 4 is 12.1 Å². The quantitative estimate of drug-likeness (QED) is 0.457. The van der Waals surface area contributed by atoms with Crippen molar-refractivity contribution in [3.05, 3.63) is 12.2 Å². The highest BCUT2D eigenvalue weighted by Gasteiger charge is 2.22. The lowest BCUT2D eigenvalue weighted by Crippen LogP contribution is -2.05. The molecule has 5 heteroatoms. The lowest BCUT2D eigenvalue weighted by molar-refractivity contribution is -0.131. The Hall–Kier alpha value is -1.52. The van der Waals surface area contributed by atoms with Crippen LogP contribution in [0.1, 0.15) is 0 Å². The summed E-state index contributed by atoms with van der Waals surface area (Å²) in [5.41, 5.74) is 0. The Morgan fingerprint density at radius 1 is 1.73 bits per heavy atom. The number of hydrogen-bond acceptors (Lipinski definition) is 4. The van der Waals surface area contributed by atoms with Gasteiger partial charge >= 0.3 is 12.1 Å². The Balaban J connectivity index is 2.39. The monoisotopic (exact) mass is 158 g/mol. The number of hydrogen-bond donors (Lipinski definition) is 1. The summed E-state index contributed by atoms with van der Waals surface area (Å²) in [5.74, 6) is -1.08. The van der Waals surface area contributed by atoms with E-state index >= 15 is 0 Å². The van der Waals surface area contributed by atoms with Crippen LogP contribution >= 0.6 is 0 Å². The highest BCUT2D eigenvalue weighted by atomic mass is 16.8. The van der Waals surface area contributed by atoms with Crippen molar-refractivity contribution in [1.29, 1.82) is 0 Å². The third-order valence-corrected chi connectivity index (χ3v) is 1.07. The van der Waals surface area contributed by atoms with Gasteiger partial charge in [-0.1, -0.05) is 0 Å². The van der Waals surface area contributed by atoms with Gasteiger partial charge in [-0.3, -0.25) is 0 Å². The van der Waals surface area contributed by atoms with E-state index in [1.54, 1.807) is 0 Å². The highest BCUT2D eigenvalue weighted by molar-refractivity contribution is 5.79. The number of aliphatic carboxylic acids is 1. The molecule has 1 rings (SSSR count). The maximum atomic E-state index is 10.3. The summed E-state index contributed by atoms with van der Waals surface area (Å²) >= 11 is 0. The number of carbonyl (C=O) groups excluding carboxylic acids is 1. The lowest BCUT2D eigenvalue weighted by Gasteiger charge is -1.94. The van der Waals surface area contributed by atoms with Gasteiger partial charge in [0.05, 0.1) is 0 Å². The van der Waals surface area contributed by atoms with Crippen LogP contribution in [0.2, 0.25) is 0 Å². The molecule has 60 valence electrons. The lowest BCUT2D eigenvalue weighted by atomic mass is 10.3. The second-order valence-corrected chi connectivity index (χ2v) is 1.91. The van der Waals surface area contributed by atoms with Gasteiger partial charge in [-0.05, 0) is 6.08 Å². The van der Waals surface area contributed by atoms with Crippen molar-refractivity contribution in [3.8, 4) is 0 Å². The van der Waals surface area contributed by atoms with E-state index in [0.29, 0.717) is 0 Å². The molecule has 0 bridgehead atoms. The molecule has 1 fully saturated rings. The second-order valence-electron chi connectivity index (χ2n) is 1.91. The third kappa shape index (κ3) is 2.29. The molecule has 0 aromatic rings. The summed E-state index contributed by atoms with van der Waals surface area (Å²) in [6.07, 6.45) is 0.850. The normalized spacial score (nSPS) is 23.3. The minimum atomic E-state index is -1.08. The standard InChI is InChI=1S/C6H6O5/c7-5(8)2-1-4-3-10-6(9)11-4/h1-2,4H,3H2,(H,7,8)/b2-1+. The average molecular weight is 158 g/mol. The molecule has 0 aliphatic carbocycles. The SMILES string of the molecule is O=C(O)/C=C/C1COC(=O)O1. The molecule has 0 saturated carbocycles. The van der Waals surface area contributed by atoms with Crippen molar-refractivity contribution < 1.29 is 24.2 Å². The Morgan fingerprint density at radius 3 is 2.91 bits per heavy atom. The molecule has 1 atom stereocenters. The fraction of sp³-hybridized carbons (Fsp3) is 0.333. The van der Waals surface area contributed by atoms with Gasteiger partial charge in [0.1, 0.15) is 6.61 Å². The molecular weight excluding hydrogens is 152 g/mol. The van der Waals surface area contributed by atoms with E-state index in [1.165, 1.54) is 6.08 Å². The first-order valence-corrected chi connectivity index (χ1v) is 2.93. The molecule has 1 saturated heterocycles. The molecule has 0 amide bonds. The van der Waals surface area contributed by atoms with Crippen molar-refractivity contribution in [2.75, 3.05) is 6.61 Å². The predicted octanol–water partition coefficient (Wildman–Crippen LogP) is 0.163.